The highest BCUT2D eigenvalue weighted by Gasteiger charge is 2.26. The van der Waals surface area contributed by atoms with Crippen molar-refractivity contribution in [2.24, 2.45) is 5.92 Å². The van der Waals surface area contributed by atoms with E-state index in [-0.39, 0.29) is 0 Å². The van der Waals surface area contributed by atoms with Crippen LogP contribution in [0.1, 0.15) is 62.6 Å². The second-order valence-corrected chi connectivity index (χ2v) is 6.47. The van der Waals surface area contributed by atoms with Crippen LogP contribution in [-0.2, 0) is 6.42 Å². The Morgan fingerprint density at radius 3 is 2.65 bits per heavy atom. The Morgan fingerprint density at radius 2 is 2.05 bits per heavy atom. The van der Waals surface area contributed by atoms with Crippen LogP contribution in [0, 0.1) is 12.8 Å². The van der Waals surface area contributed by atoms with Crippen molar-refractivity contribution in [1.82, 2.24) is 0 Å². The summed E-state index contributed by atoms with van der Waals surface area (Å²) in [5.41, 5.74) is 7.27. The molecule has 0 saturated heterocycles. The van der Waals surface area contributed by atoms with E-state index in [2.05, 4.69) is 58.5 Å². The minimum atomic E-state index is 0.525. The number of hydrogen-bond acceptors (Lipinski definition) is 0. The molecule has 1 aromatic rings. The lowest BCUT2D eigenvalue weighted by Gasteiger charge is -2.31. The van der Waals surface area contributed by atoms with Crippen molar-refractivity contribution in [3.05, 3.63) is 58.7 Å². The van der Waals surface area contributed by atoms with E-state index >= 15 is 0 Å². The maximum atomic E-state index is 4.23. The molecule has 0 fully saturated rings. The summed E-state index contributed by atoms with van der Waals surface area (Å²) in [5.74, 6) is 1.13. The lowest BCUT2D eigenvalue weighted by atomic mass is 9.73. The minimum absolute atomic E-state index is 0.525. The normalized spacial score (nSPS) is 22.5. The fourth-order valence-corrected chi connectivity index (χ4v) is 3.48. The molecule has 0 spiro atoms. The highest BCUT2D eigenvalue weighted by molar-refractivity contribution is 5.39. The molecule has 0 aliphatic heterocycles. The van der Waals surface area contributed by atoms with Gasteiger partial charge in [0.15, 0.2) is 0 Å². The van der Waals surface area contributed by atoms with Crippen molar-refractivity contribution in [2.45, 2.75) is 59.3 Å². The first-order valence-corrected chi connectivity index (χ1v) is 7.95. The monoisotopic (exact) mass is 268 g/mol. The molecule has 0 heteroatoms. The van der Waals surface area contributed by atoms with E-state index in [9.17, 15) is 0 Å². The van der Waals surface area contributed by atoms with Gasteiger partial charge in [0.1, 0.15) is 0 Å². The lowest BCUT2D eigenvalue weighted by Crippen LogP contribution is -2.17. The van der Waals surface area contributed by atoms with Gasteiger partial charge in [-0.3, -0.25) is 0 Å². The van der Waals surface area contributed by atoms with Gasteiger partial charge in [-0.15, -0.1) is 0 Å². The second kappa shape index (κ2) is 6.43. The van der Waals surface area contributed by atoms with E-state index in [1.807, 2.05) is 0 Å². The average Bonchev–Trinajstić information content (AvgIpc) is 2.38. The van der Waals surface area contributed by atoms with E-state index in [4.69, 9.17) is 0 Å². The van der Waals surface area contributed by atoms with E-state index in [0.29, 0.717) is 11.8 Å². The molecular formula is C20H28. The lowest BCUT2D eigenvalue weighted by molar-refractivity contribution is 0.482. The molecule has 20 heavy (non-hydrogen) atoms. The number of allylic oxidation sites excluding steroid dienone is 3. The molecule has 108 valence electrons. The third-order valence-electron chi connectivity index (χ3n) is 4.61. The quantitative estimate of drug-likeness (QED) is 0.591. The van der Waals surface area contributed by atoms with E-state index in [0.717, 1.165) is 0 Å². The minimum Gasteiger partial charge on any atom is -0.0998 e. The molecule has 0 N–H and O–H groups in total. The van der Waals surface area contributed by atoms with Crippen molar-refractivity contribution in [3.63, 3.8) is 0 Å². The molecule has 0 nitrogen and oxygen atoms in total. The van der Waals surface area contributed by atoms with Gasteiger partial charge in [0, 0.05) is 5.92 Å². The maximum Gasteiger partial charge on any atom is 0.00885 e. The van der Waals surface area contributed by atoms with Gasteiger partial charge in [-0.25, -0.2) is 0 Å². The third-order valence-corrected chi connectivity index (χ3v) is 4.61. The highest BCUT2D eigenvalue weighted by atomic mass is 14.3. The zero-order chi connectivity index (χ0) is 14.7. The molecule has 0 bridgehead atoms. The number of benzene rings is 1. The summed E-state index contributed by atoms with van der Waals surface area (Å²) in [7, 11) is 0. The van der Waals surface area contributed by atoms with Crippen molar-refractivity contribution < 1.29 is 0 Å². The predicted octanol–water partition coefficient (Wildman–Crippen LogP) is 5.96. The fraction of sp³-hybridized carbons (Fsp3) is 0.500. The third kappa shape index (κ3) is 3.23. The van der Waals surface area contributed by atoms with Crippen molar-refractivity contribution in [1.29, 1.82) is 0 Å². The molecule has 2 rings (SSSR count). The van der Waals surface area contributed by atoms with Crippen LogP contribution in [0.3, 0.4) is 0 Å². The van der Waals surface area contributed by atoms with Crippen LogP contribution in [-0.4, -0.2) is 0 Å². The molecule has 0 amide bonds. The van der Waals surface area contributed by atoms with Gasteiger partial charge >= 0.3 is 0 Å². The van der Waals surface area contributed by atoms with Crippen molar-refractivity contribution in [2.75, 3.05) is 0 Å². The Kier molecular flexibility index (Phi) is 4.86. The van der Waals surface area contributed by atoms with Gasteiger partial charge in [-0.05, 0) is 62.6 Å². The summed E-state index contributed by atoms with van der Waals surface area (Å²) < 4.78 is 0. The molecule has 1 aromatic carbocycles. The largest absolute Gasteiger partial charge is 0.0998 e. The van der Waals surface area contributed by atoms with Crippen LogP contribution in [0.2, 0.25) is 0 Å². The van der Waals surface area contributed by atoms with E-state index in [1.54, 1.807) is 0 Å². The highest BCUT2D eigenvalue weighted by Crippen LogP contribution is 2.40. The van der Waals surface area contributed by atoms with Gasteiger partial charge in [-0.1, -0.05) is 55.3 Å². The fourth-order valence-electron chi connectivity index (χ4n) is 3.48. The average molecular weight is 268 g/mol. The second-order valence-electron chi connectivity index (χ2n) is 6.47. The van der Waals surface area contributed by atoms with E-state index < -0.39 is 0 Å². The number of hydrogen-bond donors (Lipinski definition) is 0. The molecular weight excluding hydrogens is 240 g/mol. The summed E-state index contributed by atoms with van der Waals surface area (Å²) in [4.78, 5) is 0. The molecule has 2 atom stereocenters. The van der Waals surface area contributed by atoms with Crippen LogP contribution in [0.5, 0.6) is 0 Å². The molecule has 2 unspecified atom stereocenters. The maximum absolute atomic E-state index is 4.23. The zero-order valence-corrected chi connectivity index (χ0v) is 13.5. The van der Waals surface area contributed by atoms with Crippen LogP contribution in [0.25, 0.3) is 0 Å². The van der Waals surface area contributed by atoms with Gasteiger partial charge in [0.05, 0.1) is 0 Å². The predicted molar refractivity (Wildman–Crippen MR) is 89.2 cm³/mol. The number of aryl methyl sites for hydroxylation is 2. The molecule has 1 aliphatic carbocycles. The first-order chi connectivity index (χ1) is 9.52. The van der Waals surface area contributed by atoms with Gasteiger partial charge in [0.2, 0.25) is 0 Å². The van der Waals surface area contributed by atoms with Crippen LogP contribution < -0.4 is 0 Å². The van der Waals surface area contributed by atoms with Crippen molar-refractivity contribution >= 4 is 0 Å². The Labute approximate surface area is 124 Å². The first kappa shape index (κ1) is 15.1. The van der Waals surface area contributed by atoms with Crippen LogP contribution in [0.15, 0.2) is 42.0 Å². The Hall–Kier alpha value is -1.30. The van der Waals surface area contributed by atoms with Crippen LogP contribution in [0.4, 0.5) is 0 Å². The smallest absolute Gasteiger partial charge is 0.00885 e. The Bertz CT molecular complexity index is 519. The SMILES string of the molecule is C=C(C)C1CCC(C)=CC1c1ccc(CCC)cc1C. The summed E-state index contributed by atoms with van der Waals surface area (Å²) in [6.45, 7) is 13.2. The summed E-state index contributed by atoms with van der Waals surface area (Å²) >= 11 is 0. The molecule has 1 aliphatic rings. The molecule has 0 saturated carbocycles. The van der Waals surface area contributed by atoms with Crippen LogP contribution >= 0.6 is 0 Å². The molecule has 0 aromatic heterocycles. The van der Waals surface area contributed by atoms with Gasteiger partial charge < -0.3 is 0 Å². The van der Waals surface area contributed by atoms with Gasteiger partial charge in [0.25, 0.3) is 0 Å². The first-order valence-electron chi connectivity index (χ1n) is 7.95. The topological polar surface area (TPSA) is 0 Å². The standard InChI is InChI=1S/C20H28/c1-6-7-17-9-11-19(16(5)13-17)20-12-15(4)8-10-18(20)14(2)3/h9,11-13,18,20H,2,6-8,10H2,1,3-5H3. The van der Waals surface area contributed by atoms with Gasteiger partial charge in [-0.2, -0.15) is 0 Å². The number of rotatable bonds is 4. The molecule has 0 heterocycles. The van der Waals surface area contributed by atoms with Crippen molar-refractivity contribution in [3.8, 4) is 0 Å². The Morgan fingerprint density at radius 1 is 1.30 bits per heavy atom. The Balaban J connectivity index is 2.37. The van der Waals surface area contributed by atoms with E-state index in [1.165, 1.54) is 53.5 Å². The summed E-state index contributed by atoms with van der Waals surface area (Å²) in [6, 6.07) is 7.06. The summed E-state index contributed by atoms with van der Waals surface area (Å²) in [6.07, 6.45) is 7.35. The zero-order valence-electron chi connectivity index (χ0n) is 13.5. The summed E-state index contributed by atoms with van der Waals surface area (Å²) in [5, 5.41) is 0. The molecule has 0 radical (unpaired) electrons.